The third-order valence-electron chi connectivity index (χ3n) is 8.93. The number of carbonyl (C=O) groups excluding carboxylic acids is 2. The Morgan fingerprint density at radius 1 is 1.03 bits per heavy atom. The zero-order valence-corrected chi connectivity index (χ0v) is 22.3. The summed E-state index contributed by atoms with van der Waals surface area (Å²) in [6, 6.07) is 0.476. The number of thioether (sulfide) groups is 1. The molecule has 1 saturated heterocycles. The number of aliphatic hydroxyl groups excluding tert-OH is 1. The molecule has 4 N–H and O–H groups in total. The maximum absolute atomic E-state index is 13.8. The van der Waals surface area contributed by atoms with Crippen LogP contribution >= 0.6 is 23.4 Å². The van der Waals surface area contributed by atoms with Crippen molar-refractivity contribution in [3.05, 3.63) is 0 Å². The van der Waals surface area contributed by atoms with Crippen LogP contribution in [0.1, 0.15) is 77.0 Å². The molecule has 8 nitrogen and oxygen atoms in total. The molecule has 0 aromatic carbocycles. The Kier molecular flexibility index (Phi) is 8.40. The Bertz CT molecular complexity index is 803. The van der Waals surface area contributed by atoms with Crippen LogP contribution in [0.3, 0.4) is 0 Å². The standard InChI is InChI=1S/C25H39ClFN3O5S/c26-16-6-5-15(11-17(16)27)34-13-21(32)29-24-7-9-25(10-8-24,20(31)12-24)30-22(33)14-35-23-28-18-3-1-2-4-19(18)36-23/h15-20,23,28,31H,1-14H2,(H,29,32)(H,30,33)/t15?,16?,17?,18?,19?,20-,23?,24?,25?/m0/s1. The molecule has 2 amide bonds. The lowest BCUT2D eigenvalue weighted by Gasteiger charge is -2.56. The van der Waals surface area contributed by atoms with Gasteiger partial charge in [-0.3, -0.25) is 14.9 Å². The molecule has 6 aliphatic rings. The molecule has 204 valence electrons. The Labute approximate surface area is 221 Å². The van der Waals surface area contributed by atoms with Crippen LogP contribution in [0.2, 0.25) is 0 Å². The summed E-state index contributed by atoms with van der Waals surface area (Å²) < 4.78 is 25.3. The van der Waals surface area contributed by atoms with E-state index in [4.69, 9.17) is 21.1 Å². The topological polar surface area (TPSA) is 109 Å². The maximum atomic E-state index is 13.8. The Hall–Kier alpha value is -0.650. The predicted octanol–water partition coefficient (Wildman–Crippen LogP) is 2.50. The van der Waals surface area contributed by atoms with Crippen LogP contribution in [-0.2, 0) is 19.1 Å². The summed E-state index contributed by atoms with van der Waals surface area (Å²) in [4.78, 5) is 25.4. The van der Waals surface area contributed by atoms with Crippen molar-refractivity contribution in [3.63, 3.8) is 0 Å². The fourth-order valence-electron chi connectivity index (χ4n) is 6.76. The number of fused-ring (bicyclic) bond motifs is 4. The number of amides is 2. The van der Waals surface area contributed by atoms with Gasteiger partial charge in [0.2, 0.25) is 11.8 Å². The third kappa shape index (κ3) is 5.99. The fraction of sp³-hybridized carbons (Fsp3) is 0.920. The van der Waals surface area contributed by atoms with Gasteiger partial charge in [-0.2, -0.15) is 0 Å². The van der Waals surface area contributed by atoms with Crippen molar-refractivity contribution in [3.8, 4) is 0 Å². The fourth-order valence-corrected chi connectivity index (χ4v) is 8.41. The lowest BCUT2D eigenvalue weighted by molar-refractivity contribution is -0.141. The van der Waals surface area contributed by atoms with Gasteiger partial charge in [0, 0.05) is 23.3 Å². The van der Waals surface area contributed by atoms with Crippen molar-refractivity contribution in [1.29, 1.82) is 0 Å². The van der Waals surface area contributed by atoms with Gasteiger partial charge in [-0.1, -0.05) is 12.8 Å². The van der Waals surface area contributed by atoms with E-state index in [0.717, 1.165) is 6.42 Å². The zero-order valence-electron chi connectivity index (χ0n) is 20.7. The molecular weight excluding hydrogens is 509 g/mol. The van der Waals surface area contributed by atoms with Gasteiger partial charge in [0.25, 0.3) is 0 Å². The van der Waals surface area contributed by atoms with Gasteiger partial charge in [-0.25, -0.2) is 4.39 Å². The largest absolute Gasteiger partial charge is 0.391 e. The lowest BCUT2D eigenvalue weighted by atomic mass is 9.60. The van der Waals surface area contributed by atoms with Crippen LogP contribution in [0.15, 0.2) is 0 Å². The van der Waals surface area contributed by atoms with Crippen molar-refractivity contribution < 1.29 is 28.6 Å². The lowest BCUT2D eigenvalue weighted by Crippen LogP contribution is -2.70. The summed E-state index contributed by atoms with van der Waals surface area (Å²) in [5.74, 6) is -0.462. The van der Waals surface area contributed by atoms with E-state index >= 15 is 0 Å². The smallest absolute Gasteiger partial charge is 0.246 e. The molecule has 0 radical (unpaired) electrons. The molecule has 36 heavy (non-hydrogen) atoms. The second-order valence-corrected chi connectivity index (χ2v) is 13.3. The minimum absolute atomic E-state index is 0.0385. The highest BCUT2D eigenvalue weighted by Gasteiger charge is 2.55. The first-order valence-electron chi connectivity index (χ1n) is 13.5. The highest BCUT2D eigenvalue weighted by Crippen LogP contribution is 2.47. The van der Waals surface area contributed by atoms with Crippen LogP contribution in [-0.4, -0.2) is 81.8 Å². The third-order valence-corrected chi connectivity index (χ3v) is 10.9. The van der Waals surface area contributed by atoms with Gasteiger partial charge in [-0.05, 0) is 57.8 Å². The Morgan fingerprint density at radius 3 is 2.47 bits per heavy atom. The van der Waals surface area contributed by atoms with E-state index < -0.39 is 28.7 Å². The van der Waals surface area contributed by atoms with Crippen molar-refractivity contribution in [2.45, 2.75) is 129 Å². The van der Waals surface area contributed by atoms with Gasteiger partial charge in [0.15, 0.2) is 5.56 Å². The average Bonchev–Trinajstić information content (AvgIpc) is 3.28. The van der Waals surface area contributed by atoms with Crippen LogP contribution in [0.5, 0.6) is 0 Å². The first kappa shape index (κ1) is 26.9. The van der Waals surface area contributed by atoms with Gasteiger partial charge >= 0.3 is 0 Å². The van der Waals surface area contributed by atoms with E-state index in [9.17, 15) is 19.1 Å². The predicted molar refractivity (Wildman–Crippen MR) is 135 cm³/mol. The number of hydrogen-bond donors (Lipinski definition) is 4. The zero-order chi connectivity index (χ0) is 25.3. The Balaban J connectivity index is 1.05. The van der Waals surface area contributed by atoms with Crippen LogP contribution < -0.4 is 16.0 Å². The first-order valence-corrected chi connectivity index (χ1v) is 14.9. The molecule has 5 aliphatic carbocycles. The van der Waals surface area contributed by atoms with Crippen molar-refractivity contribution in [2.75, 3.05) is 13.2 Å². The monoisotopic (exact) mass is 547 g/mol. The van der Waals surface area contributed by atoms with E-state index in [-0.39, 0.29) is 43.1 Å². The van der Waals surface area contributed by atoms with Crippen molar-refractivity contribution >= 4 is 35.2 Å². The van der Waals surface area contributed by atoms with Crippen LogP contribution in [0, 0.1) is 0 Å². The normalized spacial score (nSPS) is 44.1. The van der Waals surface area contributed by atoms with E-state index in [1.54, 1.807) is 11.8 Å². The van der Waals surface area contributed by atoms with Crippen LogP contribution in [0.4, 0.5) is 4.39 Å². The molecule has 6 fully saturated rings. The number of carbonyl (C=O) groups is 2. The van der Waals surface area contributed by atoms with Crippen LogP contribution in [0.25, 0.3) is 0 Å². The molecule has 6 rings (SSSR count). The number of aliphatic hydroxyl groups is 1. The Morgan fingerprint density at radius 2 is 1.75 bits per heavy atom. The SMILES string of the molecule is O=C(COC1CCC(Cl)C(F)C1)NC12CCC(NC(=O)COC3NC4CCCCC4S3)(CC1)[C@@H](O)C2. The summed E-state index contributed by atoms with van der Waals surface area (Å²) in [6.45, 7) is -0.167. The molecule has 1 heterocycles. The number of hydrogen-bond acceptors (Lipinski definition) is 7. The van der Waals surface area contributed by atoms with E-state index in [1.165, 1.54) is 19.3 Å². The maximum Gasteiger partial charge on any atom is 0.246 e. The molecule has 1 aliphatic heterocycles. The molecule has 0 aromatic rings. The molecular formula is C25H39ClFN3O5S. The molecule has 2 bridgehead atoms. The summed E-state index contributed by atoms with van der Waals surface area (Å²) >= 11 is 7.70. The van der Waals surface area contributed by atoms with Gasteiger partial charge in [-0.15, -0.1) is 23.4 Å². The van der Waals surface area contributed by atoms with Crippen molar-refractivity contribution in [1.82, 2.24) is 16.0 Å². The molecule has 5 saturated carbocycles. The summed E-state index contributed by atoms with van der Waals surface area (Å²) in [5, 5.41) is 20.7. The summed E-state index contributed by atoms with van der Waals surface area (Å²) in [5.41, 5.74) is -1.33. The van der Waals surface area contributed by atoms with Gasteiger partial charge in [0.05, 0.1) is 23.1 Å². The highest BCUT2D eigenvalue weighted by molar-refractivity contribution is 8.00. The minimum Gasteiger partial charge on any atom is -0.391 e. The second kappa shape index (κ2) is 11.2. The first-order chi connectivity index (χ1) is 17.3. The summed E-state index contributed by atoms with van der Waals surface area (Å²) in [6.07, 6.45) is 7.01. The summed E-state index contributed by atoms with van der Waals surface area (Å²) in [7, 11) is 0. The molecule has 6 unspecified atom stereocenters. The molecule has 7 atom stereocenters. The number of halogens is 2. The second-order valence-electron chi connectivity index (χ2n) is 11.4. The minimum atomic E-state index is -1.11. The number of alkyl halides is 2. The molecule has 11 heteroatoms. The van der Waals surface area contributed by atoms with Gasteiger partial charge < -0.3 is 25.2 Å². The number of ether oxygens (including phenoxy) is 2. The number of rotatable bonds is 8. The molecule has 0 spiro atoms. The average molecular weight is 548 g/mol. The highest BCUT2D eigenvalue weighted by atomic mass is 35.5. The van der Waals surface area contributed by atoms with E-state index in [0.29, 0.717) is 56.2 Å². The van der Waals surface area contributed by atoms with Gasteiger partial charge in [0.1, 0.15) is 19.4 Å². The van der Waals surface area contributed by atoms with E-state index in [2.05, 4.69) is 16.0 Å². The molecule has 0 aromatic heterocycles. The number of nitrogens with one attached hydrogen (secondary N) is 3. The van der Waals surface area contributed by atoms with E-state index in [1.807, 2.05) is 0 Å². The quantitative estimate of drug-likeness (QED) is 0.346. The van der Waals surface area contributed by atoms with Crippen molar-refractivity contribution in [2.24, 2.45) is 0 Å².